The molecule has 2 aromatic rings. The summed E-state index contributed by atoms with van der Waals surface area (Å²) in [5, 5.41) is 0. The Morgan fingerprint density at radius 2 is 1.60 bits per heavy atom. The van der Waals surface area contributed by atoms with Crippen LogP contribution in [-0.2, 0) is 0 Å². The number of rotatable bonds is 4. The summed E-state index contributed by atoms with van der Waals surface area (Å²) in [6.45, 7) is 4.70. The second-order valence-electron chi connectivity index (χ2n) is 8.10. The number of benzene rings is 1. The van der Waals surface area contributed by atoms with Crippen LogP contribution in [0.2, 0.25) is 0 Å². The van der Waals surface area contributed by atoms with Crippen molar-refractivity contribution in [3.05, 3.63) is 47.2 Å². The first-order chi connectivity index (χ1) is 14.6. The lowest BCUT2D eigenvalue weighted by Crippen LogP contribution is -2.38. The molecule has 7 heteroatoms. The summed E-state index contributed by atoms with van der Waals surface area (Å²) < 4.78 is 11.1. The molecule has 4 rings (SSSR count). The van der Waals surface area contributed by atoms with Gasteiger partial charge in [-0.15, -0.1) is 0 Å². The van der Waals surface area contributed by atoms with Gasteiger partial charge in [0.15, 0.2) is 11.6 Å². The second kappa shape index (κ2) is 8.90. The van der Waals surface area contributed by atoms with Gasteiger partial charge in [-0.3, -0.25) is 9.59 Å². The largest absolute Gasteiger partial charge is 0.497 e. The molecule has 0 spiro atoms. The minimum atomic E-state index is -0.0191. The molecule has 0 radical (unpaired) electrons. The maximum Gasteiger partial charge on any atom is 0.276 e. The van der Waals surface area contributed by atoms with Gasteiger partial charge in [0.1, 0.15) is 11.5 Å². The zero-order valence-electron chi connectivity index (χ0n) is 17.7. The van der Waals surface area contributed by atoms with Gasteiger partial charge in [0.2, 0.25) is 0 Å². The van der Waals surface area contributed by atoms with Gasteiger partial charge >= 0.3 is 0 Å². The van der Waals surface area contributed by atoms with Crippen LogP contribution < -0.4 is 4.74 Å². The van der Waals surface area contributed by atoms with Crippen molar-refractivity contribution in [1.29, 1.82) is 0 Å². The number of methoxy groups -OCH3 is 1. The van der Waals surface area contributed by atoms with Crippen LogP contribution in [-0.4, -0.2) is 59.9 Å². The van der Waals surface area contributed by atoms with Crippen LogP contribution in [0.3, 0.4) is 0 Å². The molecule has 2 aliphatic rings. The van der Waals surface area contributed by atoms with Gasteiger partial charge in [-0.1, -0.05) is 0 Å². The van der Waals surface area contributed by atoms with Gasteiger partial charge in [-0.05, 0) is 63.3 Å². The highest BCUT2D eigenvalue weighted by atomic mass is 16.5. The highest BCUT2D eigenvalue weighted by molar-refractivity contribution is 5.94. The van der Waals surface area contributed by atoms with Gasteiger partial charge in [0.05, 0.1) is 7.11 Å². The monoisotopic (exact) mass is 411 g/mol. The summed E-state index contributed by atoms with van der Waals surface area (Å²) in [6, 6.07) is 7.19. The van der Waals surface area contributed by atoms with Gasteiger partial charge < -0.3 is 19.0 Å². The van der Waals surface area contributed by atoms with Crippen LogP contribution in [0.5, 0.6) is 5.75 Å². The van der Waals surface area contributed by atoms with Crippen LogP contribution in [0.1, 0.15) is 70.5 Å². The standard InChI is InChI=1S/C23H29N3O4/c1-16-20(23(28)25-12-4-3-5-13-25)24-21(30-16)17-10-14-26(15-11-17)22(27)18-6-8-19(29-2)9-7-18/h6-9,17H,3-5,10-15H2,1-2H3. The van der Waals surface area contributed by atoms with E-state index in [-0.39, 0.29) is 17.7 Å². The average molecular weight is 412 g/mol. The molecular weight excluding hydrogens is 382 g/mol. The lowest BCUT2D eigenvalue weighted by Gasteiger charge is -2.30. The molecule has 7 nitrogen and oxygen atoms in total. The van der Waals surface area contributed by atoms with Crippen molar-refractivity contribution in [2.24, 2.45) is 0 Å². The summed E-state index contributed by atoms with van der Waals surface area (Å²) in [7, 11) is 1.61. The minimum absolute atomic E-state index is 0.0191. The number of carbonyl (C=O) groups is 2. The Bertz CT molecular complexity index is 892. The third-order valence-corrected chi connectivity index (χ3v) is 6.13. The zero-order valence-corrected chi connectivity index (χ0v) is 17.7. The lowest BCUT2D eigenvalue weighted by molar-refractivity contribution is 0.0704. The fraction of sp³-hybridized carbons (Fsp3) is 0.522. The molecule has 0 atom stereocenters. The Hall–Kier alpha value is -2.83. The van der Waals surface area contributed by atoms with E-state index in [4.69, 9.17) is 9.15 Å². The molecule has 30 heavy (non-hydrogen) atoms. The third-order valence-electron chi connectivity index (χ3n) is 6.13. The van der Waals surface area contributed by atoms with Crippen LogP contribution in [0.15, 0.2) is 28.7 Å². The molecule has 1 aromatic heterocycles. The molecule has 2 aliphatic heterocycles. The normalized spacial score (nSPS) is 17.8. The molecule has 0 saturated carbocycles. The fourth-order valence-electron chi connectivity index (χ4n) is 4.28. The van der Waals surface area contributed by atoms with Crippen molar-refractivity contribution in [3.8, 4) is 5.75 Å². The number of aryl methyl sites for hydroxylation is 1. The second-order valence-corrected chi connectivity index (χ2v) is 8.10. The Morgan fingerprint density at radius 1 is 0.967 bits per heavy atom. The summed E-state index contributed by atoms with van der Waals surface area (Å²) in [5.74, 6) is 2.10. The Labute approximate surface area is 177 Å². The predicted octanol–water partition coefficient (Wildman–Crippen LogP) is 3.64. The van der Waals surface area contributed by atoms with E-state index in [0.717, 1.165) is 44.5 Å². The van der Waals surface area contributed by atoms with Gasteiger partial charge in [-0.25, -0.2) is 4.98 Å². The topological polar surface area (TPSA) is 75.9 Å². The summed E-state index contributed by atoms with van der Waals surface area (Å²) >= 11 is 0. The van der Waals surface area contributed by atoms with Crippen molar-refractivity contribution in [1.82, 2.24) is 14.8 Å². The summed E-state index contributed by atoms with van der Waals surface area (Å²) in [6.07, 6.45) is 4.84. The van der Waals surface area contributed by atoms with E-state index in [1.165, 1.54) is 6.42 Å². The maximum absolute atomic E-state index is 12.8. The van der Waals surface area contributed by atoms with E-state index in [2.05, 4.69) is 4.98 Å². The van der Waals surface area contributed by atoms with E-state index in [9.17, 15) is 9.59 Å². The number of aromatic nitrogens is 1. The number of hydrogen-bond acceptors (Lipinski definition) is 5. The molecule has 2 amide bonds. The van der Waals surface area contributed by atoms with Crippen LogP contribution in [0.25, 0.3) is 0 Å². The van der Waals surface area contributed by atoms with Crippen molar-refractivity contribution in [3.63, 3.8) is 0 Å². The maximum atomic E-state index is 12.8. The number of carbonyl (C=O) groups excluding carboxylic acids is 2. The molecule has 0 N–H and O–H groups in total. The quantitative estimate of drug-likeness (QED) is 0.768. The number of oxazole rings is 1. The van der Waals surface area contributed by atoms with E-state index in [0.29, 0.717) is 36.0 Å². The van der Waals surface area contributed by atoms with E-state index < -0.39 is 0 Å². The summed E-state index contributed by atoms with van der Waals surface area (Å²) in [5.41, 5.74) is 1.11. The first-order valence-corrected chi connectivity index (χ1v) is 10.8. The van der Waals surface area contributed by atoms with Crippen LogP contribution in [0, 0.1) is 6.92 Å². The van der Waals surface area contributed by atoms with Crippen LogP contribution >= 0.6 is 0 Å². The molecule has 2 saturated heterocycles. The average Bonchev–Trinajstić information content (AvgIpc) is 3.20. The first-order valence-electron chi connectivity index (χ1n) is 10.8. The molecule has 0 unspecified atom stereocenters. The molecule has 160 valence electrons. The molecular formula is C23H29N3O4. The molecule has 3 heterocycles. The Kier molecular flexibility index (Phi) is 6.06. The Morgan fingerprint density at radius 3 is 2.23 bits per heavy atom. The number of hydrogen-bond donors (Lipinski definition) is 0. The Balaban J connectivity index is 1.38. The molecule has 0 aliphatic carbocycles. The van der Waals surface area contributed by atoms with Crippen molar-refractivity contribution in [2.45, 2.75) is 44.9 Å². The number of ether oxygens (including phenoxy) is 1. The van der Waals surface area contributed by atoms with E-state index in [1.807, 2.05) is 16.7 Å². The minimum Gasteiger partial charge on any atom is -0.497 e. The highest BCUT2D eigenvalue weighted by Crippen LogP contribution is 2.30. The fourth-order valence-corrected chi connectivity index (χ4v) is 4.28. The molecule has 0 bridgehead atoms. The van der Waals surface area contributed by atoms with Crippen molar-refractivity contribution < 1.29 is 18.7 Å². The lowest BCUT2D eigenvalue weighted by atomic mass is 9.96. The molecule has 2 fully saturated rings. The highest BCUT2D eigenvalue weighted by Gasteiger charge is 2.30. The molecule has 1 aromatic carbocycles. The number of amides is 2. The summed E-state index contributed by atoms with van der Waals surface area (Å²) in [4.78, 5) is 33.9. The predicted molar refractivity (Wildman–Crippen MR) is 112 cm³/mol. The zero-order chi connectivity index (χ0) is 21.1. The van der Waals surface area contributed by atoms with E-state index in [1.54, 1.807) is 31.4 Å². The van der Waals surface area contributed by atoms with Gasteiger partial charge in [0, 0.05) is 37.7 Å². The SMILES string of the molecule is COc1ccc(C(=O)N2CCC(c3nc(C(=O)N4CCCCC4)c(C)o3)CC2)cc1. The smallest absolute Gasteiger partial charge is 0.276 e. The number of likely N-dealkylation sites (tertiary alicyclic amines) is 2. The number of nitrogens with zero attached hydrogens (tertiary/aromatic N) is 3. The van der Waals surface area contributed by atoms with Crippen molar-refractivity contribution in [2.75, 3.05) is 33.3 Å². The van der Waals surface area contributed by atoms with Gasteiger partial charge in [0.25, 0.3) is 11.8 Å². The first kappa shape index (κ1) is 20.4. The third kappa shape index (κ3) is 4.20. The van der Waals surface area contributed by atoms with Crippen LogP contribution in [0.4, 0.5) is 0 Å². The number of piperidine rings is 2. The van der Waals surface area contributed by atoms with Crippen molar-refractivity contribution >= 4 is 11.8 Å². The van der Waals surface area contributed by atoms with E-state index >= 15 is 0 Å². The van der Waals surface area contributed by atoms with Gasteiger partial charge in [-0.2, -0.15) is 0 Å².